The van der Waals surface area contributed by atoms with Gasteiger partial charge in [-0.05, 0) is 55.2 Å². The third kappa shape index (κ3) is 3.56. The van der Waals surface area contributed by atoms with Crippen LogP contribution in [0.3, 0.4) is 0 Å². The third-order valence-electron chi connectivity index (χ3n) is 3.92. The fraction of sp³-hybridized carbons (Fsp3) is 0.467. The normalized spacial score (nSPS) is 22.9. The second kappa shape index (κ2) is 5.87. The summed E-state index contributed by atoms with van der Waals surface area (Å²) in [6, 6.07) is 7.09. The van der Waals surface area contributed by atoms with Gasteiger partial charge >= 0.3 is 11.9 Å². The lowest BCUT2D eigenvalue weighted by Gasteiger charge is -2.28. The van der Waals surface area contributed by atoms with Crippen molar-refractivity contribution in [3.8, 4) is 0 Å². The largest absolute Gasteiger partial charge is 0.481 e. The van der Waals surface area contributed by atoms with Gasteiger partial charge < -0.3 is 10.2 Å². The fourth-order valence-electron chi connectivity index (χ4n) is 2.87. The van der Waals surface area contributed by atoms with E-state index in [1.54, 1.807) is 18.2 Å². The average molecular weight is 262 g/mol. The van der Waals surface area contributed by atoms with E-state index in [9.17, 15) is 9.59 Å². The van der Waals surface area contributed by atoms with Crippen molar-refractivity contribution >= 4 is 11.9 Å². The standard InChI is InChI=1S/C15H18O4/c16-14(17)8-10-4-6-11(7-5-10)12-2-1-3-13(9-12)15(18)19/h1-3,9-11H,4-8H2,(H,16,17)(H,18,19). The number of aromatic carboxylic acids is 1. The molecule has 0 bridgehead atoms. The van der Waals surface area contributed by atoms with Crippen LogP contribution in [0.15, 0.2) is 24.3 Å². The molecule has 0 heterocycles. The van der Waals surface area contributed by atoms with Gasteiger partial charge in [0.2, 0.25) is 0 Å². The molecular weight excluding hydrogens is 244 g/mol. The van der Waals surface area contributed by atoms with Crippen LogP contribution in [0, 0.1) is 5.92 Å². The maximum atomic E-state index is 10.9. The number of carboxylic acid groups (broad SMARTS) is 2. The molecule has 0 unspecified atom stereocenters. The van der Waals surface area contributed by atoms with Gasteiger partial charge in [0.05, 0.1) is 5.56 Å². The average Bonchev–Trinajstić information content (AvgIpc) is 2.39. The first kappa shape index (κ1) is 13.6. The molecule has 4 nitrogen and oxygen atoms in total. The van der Waals surface area contributed by atoms with E-state index in [4.69, 9.17) is 10.2 Å². The smallest absolute Gasteiger partial charge is 0.335 e. The quantitative estimate of drug-likeness (QED) is 0.874. The summed E-state index contributed by atoms with van der Waals surface area (Å²) in [6.45, 7) is 0. The zero-order chi connectivity index (χ0) is 13.8. The van der Waals surface area contributed by atoms with Crippen LogP contribution in [-0.4, -0.2) is 22.2 Å². The maximum absolute atomic E-state index is 10.9. The molecule has 2 rings (SSSR count). The molecule has 1 aromatic rings. The highest BCUT2D eigenvalue weighted by molar-refractivity contribution is 5.87. The molecule has 1 fully saturated rings. The maximum Gasteiger partial charge on any atom is 0.335 e. The van der Waals surface area contributed by atoms with E-state index in [-0.39, 0.29) is 12.3 Å². The second-order valence-electron chi connectivity index (χ2n) is 5.25. The van der Waals surface area contributed by atoms with Gasteiger partial charge in [0.15, 0.2) is 0 Å². The summed E-state index contributed by atoms with van der Waals surface area (Å²) in [4.78, 5) is 21.6. The molecule has 1 aliphatic rings. The molecule has 4 heteroatoms. The molecule has 0 aromatic heterocycles. The lowest BCUT2D eigenvalue weighted by atomic mass is 9.77. The Hall–Kier alpha value is -1.84. The van der Waals surface area contributed by atoms with E-state index < -0.39 is 11.9 Å². The zero-order valence-corrected chi connectivity index (χ0v) is 10.7. The Morgan fingerprint density at radius 2 is 1.79 bits per heavy atom. The summed E-state index contributed by atoms with van der Waals surface area (Å²) in [6.07, 6.45) is 3.96. The molecule has 1 aliphatic carbocycles. The molecule has 1 saturated carbocycles. The van der Waals surface area contributed by atoms with Crippen LogP contribution in [-0.2, 0) is 4.79 Å². The van der Waals surface area contributed by atoms with E-state index in [0.29, 0.717) is 11.5 Å². The molecule has 0 spiro atoms. The lowest BCUT2D eigenvalue weighted by molar-refractivity contribution is -0.138. The minimum atomic E-state index is -0.901. The summed E-state index contributed by atoms with van der Waals surface area (Å²) in [5.74, 6) is -0.988. The molecule has 1 aromatic carbocycles. The zero-order valence-electron chi connectivity index (χ0n) is 10.7. The molecule has 19 heavy (non-hydrogen) atoms. The first-order valence-corrected chi connectivity index (χ1v) is 6.61. The SMILES string of the molecule is O=C(O)CC1CCC(c2cccc(C(=O)O)c2)CC1. The van der Waals surface area contributed by atoms with Gasteiger partial charge in [-0.25, -0.2) is 4.79 Å². The Balaban J connectivity index is 1.99. The number of carboxylic acids is 2. The van der Waals surface area contributed by atoms with Crippen LogP contribution >= 0.6 is 0 Å². The molecule has 0 atom stereocenters. The summed E-state index contributed by atoms with van der Waals surface area (Å²) < 4.78 is 0. The molecule has 0 radical (unpaired) electrons. The van der Waals surface area contributed by atoms with Gasteiger partial charge in [-0.2, -0.15) is 0 Å². The topological polar surface area (TPSA) is 74.6 Å². The van der Waals surface area contributed by atoms with Crippen LogP contribution in [0.5, 0.6) is 0 Å². The van der Waals surface area contributed by atoms with Crippen molar-refractivity contribution in [3.63, 3.8) is 0 Å². The van der Waals surface area contributed by atoms with Gasteiger partial charge in [-0.1, -0.05) is 12.1 Å². The molecule has 102 valence electrons. The minimum absolute atomic E-state index is 0.252. The number of rotatable bonds is 4. The summed E-state index contributed by atoms with van der Waals surface area (Å²) >= 11 is 0. The number of carbonyl (C=O) groups is 2. The number of hydrogen-bond acceptors (Lipinski definition) is 2. The Morgan fingerprint density at radius 1 is 1.11 bits per heavy atom. The van der Waals surface area contributed by atoms with Crippen molar-refractivity contribution in [2.45, 2.75) is 38.0 Å². The van der Waals surface area contributed by atoms with Crippen molar-refractivity contribution in [1.82, 2.24) is 0 Å². The van der Waals surface area contributed by atoms with Crippen molar-refractivity contribution in [1.29, 1.82) is 0 Å². The predicted octanol–water partition coefficient (Wildman–Crippen LogP) is 3.13. The van der Waals surface area contributed by atoms with Gasteiger partial charge in [-0.15, -0.1) is 0 Å². The first-order valence-electron chi connectivity index (χ1n) is 6.61. The van der Waals surface area contributed by atoms with Gasteiger partial charge in [-0.3, -0.25) is 4.79 Å². The van der Waals surface area contributed by atoms with Crippen LogP contribution < -0.4 is 0 Å². The van der Waals surface area contributed by atoms with Crippen LogP contribution in [0.2, 0.25) is 0 Å². The van der Waals surface area contributed by atoms with Crippen LogP contribution in [0.4, 0.5) is 0 Å². The van der Waals surface area contributed by atoms with Crippen molar-refractivity contribution in [3.05, 3.63) is 35.4 Å². The van der Waals surface area contributed by atoms with E-state index in [2.05, 4.69) is 0 Å². The monoisotopic (exact) mass is 262 g/mol. The van der Waals surface area contributed by atoms with E-state index in [1.165, 1.54) is 0 Å². The van der Waals surface area contributed by atoms with Gasteiger partial charge in [0, 0.05) is 6.42 Å². The van der Waals surface area contributed by atoms with Crippen molar-refractivity contribution in [2.24, 2.45) is 5.92 Å². The molecule has 0 amide bonds. The summed E-state index contributed by atoms with van der Waals surface area (Å²) in [5.41, 5.74) is 1.39. The number of benzene rings is 1. The highest BCUT2D eigenvalue weighted by Gasteiger charge is 2.24. The summed E-state index contributed by atoms with van der Waals surface area (Å²) in [7, 11) is 0. The molecule has 0 saturated heterocycles. The first-order chi connectivity index (χ1) is 9.06. The Kier molecular flexibility index (Phi) is 4.20. The van der Waals surface area contributed by atoms with E-state index >= 15 is 0 Å². The Bertz CT molecular complexity index is 473. The molecule has 0 aliphatic heterocycles. The number of hydrogen-bond donors (Lipinski definition) is 2. The van der Waals surface area contributed by atoms with Crippen molar-refractivity contribution < 1.29 is 19.8 Å². The number of aliphatic carboxylic acids is 1. The third-order valence-corrected chi connectivity index (χ3v) is 3.92. The molecular formula is C15H18O4. The van der Waals surface area contributed by atoms with Crippen LogP contribution in [0.25, 0.3) is 0 Å². The van der Waals surface area contributed by atoms with Crippen LogP contribution in [0.1, 0.15) is 53.9 Å². The highest BCUT2D eigenvalue weighted by Crippen LogP contribution is 2.37. The summed E-state index contributed by atoms with van der Waals surface area (Å²) in [5, 5.41) is 17.8. The fourth-order valence-corrected chi connectivity index (χ4v) is 2.87. The predicted molar refractivity (Wildman–Crippen MR) is 70.4 cm³/mol. The molecule has 2 N–H and O–H groups in total. The minimum Gasteiger partial charge on any atom is -0.481 e. The van der Waals surface area contributed by atoms with Gasteiger partial charge in [0.1, 0.15) is 0 Å². The lowest BCUT2D eigenvalue weighted by Crippen LogP contribution is -2.16. The van der Waals surface area contributed by atoms with E-state index in [1.807, 2.05) is 6.07 Å². The Morgan fingerprint density at radius 3 is 2.37 bits per heavy atom. The Labute approximate surface area is 112 Å². The van der Waals surface area contributed by atoms with Gasteiger partial charge in [0.25, 0.3) is 0 Å². The van der Waals surface area contributed by atoms with E-state index in [0.717, 1.165) is 31.2 Å². The highest BCUT2D eigenvalue weighted by atomic mass is 16.4. The van der Waals surface area contributed by atoms with Crippen molar-refractivity contribution in [2.75, 3.05) is 0 Å². The second-order valence-corrected chi connectivity index (χ2v) is 5.25.